The van der Waals surface area contributed by atoms with Gasteiger partial charge < -0.3 is 19.2 Å². The highest BCUT2D eigenvalue weighted by molar-refractivity contribution is 14.1. The second-order valence-corrected chi connectivity index (χ2v) is 9.42. The number of nitrogens with one attached hydrogen (secondary N) is 2. The van der Waals surface area contributed by atoms with Crippen LogP contribution >= 0.6 is 22.6 Å². The molecule has 2 N–H and O–H groups in total. The molecule has 1 aliphatic rings. The van der Waals surface area contributed by atoms with E-state index in [2.05, 4.69) is 10.6 Å². The number of carbonyl (C=O) groups excluding carboxylic acids is 4. The lowest BCUT2D eigenvalue weighted by Gasteiger charge is -2.25. The van der Waals surface area contributed by atoms with Gasteiger partial charge in [0.25, 0.3) is 17.7 Å². The Hall–Kier alpha value is -4.13. The molecular formula is C27H24IN3O7. The lowest BCUT2D eigenvalue weighted by molar-refractivity contribution is -0.130. The van der Waals surface area contributed by atoms with Gasteiger partial charge in [-0.25, -0.2) is 4.79 Å². The first-order chi connectivity index (χ1) is 18.2. The summed E-state index contributed by atoms with van der Waals surface area (Å²) in [7, 11) is 0. The number of halogens is 1. The van der Waals surface area contributed by atoms with E-state index in [0.29, 0.717) is 38.7 Å². The van der Waals surface area contributed by atoms with Gasteiger partial charge in [0.1, 0.15) is 11.3 Å². The van der Waals surface area contributed by atoms with Gasteiger partial charge in [-0.2, -0.15) is 0 Å². The molecule has 1 aliphatic heterocycles. The van der Waals surface area contributed by atoms with Crippen molar-refractivity contribution in [3.8, 4) is 11.5 Å². The van der Waals surface area contributed by atoms with Gasteiger partial charge >= 0.3 is 6.03 Å². The van der Waals surface area contributed by atoms with E-state index in [-0.39, 0.29) is 24.6 Å². The summed E-state index contributed by atoms with van der Waals surface area (Å²) in [5.41, 5.74) is 1.98. The van der Waals surface area contributed by atoms with Crippen molar-refractivity contribution < 1.29 is 33.1 Å². The molecule has 1 fully saturated rings. The van der Waals surface area contributed by atoms with E-state index in [1.807, 2.05) is 41.6 Å². The summed E-state index contributed by atoms with van der Waals surface area (Å²) in [6.07, 6.45) is 2.80. The molecule has 2 heterocycles. The second-order valence-electron chi connectivity index (χ2n) is 8.25. The van der Waals surface area contributed by atoms with Gasteiger partial charge in [0, 0.05) is 5.69 Å². The number of urea groups is 1. The minimum Gasteiger partial charge on any atom is -0.490 e. The Bertz CT molecular complexity index is 1400. The maximum absolute atomic E-state index is 13.0. The van der Waals surface area contributed by atoms with E-state index in [1.54, 1.807) is 43.3 Å². The summed E-state index contributed by atoms with van der Waals surface area (Å²) in [6.45, 7) is 3.68. The molecule has 196 valence electrons. The molecule has 4 rings (SSSR count). The number of anilines is 1. The lowest BCUT2D eigenvalue weighted by atomic mass is 10.1. The molecule has 0 radical (unpaired) electrons. The van der Waals surface area contributed by atoms with Gasteiger partial charge in [-0.05, 0) is 84.5 Å². The van der Waals surface area contributed by atoms with Crippen LogP contribution in [-0.4, -0.2) is 41.9 Å². The minimum absolute atomic E-state index is 0.124. The van der Waals surface area contributed by atoms with Crippen molar-refractivity contribution in [2.75, 3.05) is 18.5 Å². The van der Waals surface area contributed by atoms with Crippen LogP contribution < -0.4 is 20.1 Å². The lowest BCUT2D eigenvalue weighted by Crippen LogP contribution is -2.53. The van der Waals surface area contributed by atoms with Crippen molar-refractivity contribution in [3.05, 3.63) is 80.8 Å². The Morgan fingerprint density at radius 3 is 2.58 bits per heavy atom. The van der Waals surface area contributed by atoms with Gasteiger partial charge in [0.15, 0.2) is 18.1 Å². The molecule has 10 nitrogen and oxygen atoms in total. The number of carbonyl (C=O) groups is 4. The minimum atomic E-state index is -0.828. The Morgan fingerprint density at radius 2 is 1.89 bits per heavy atom. The first kappa shape index (κ1) is 26.9. The summed E-state index contributed by atoms with van der Waals surface area (Å²) in [5, 5.41) is 4.95. The standard InChI is InChI=1S/C27H24IN3O7/c1-3-36-22-13-17(11-20-25(33)30-27(35)31(26(20)34)14-19-5-4-10-37-19)12-21(28)24(22)38-15-23(32)29-18-8-6-16(2)7-9-18/h4-13H,3,14-15H2,1-2H3,(H,29,32)(H,30,33,35)/b20-11+. The first-order valence-corrected chi connectivity index (χ1v) is 12.7. The number of rotatable bonds is 9. The van der Waals surface area contributed by atoms with Crippen molar-refractivity contribution in [2.24, 2.45) is 0 Å². The molecule has 5 amide bonds. The zero-order chi connectivity index (χ0) is 27.2. The molecule has 0 atom stereocenters. The van der Waals surface area contributed by atoms with Crippen LogP contribution in [0.25, 0.3) is 6.08 Å². The number of aryl methyl sites for hydroxylation is 1. The van der Waals surface area contributed by atoms with Crippen LogP contribution in [0.4, 0.5) is 10.5 Å². The predicted octanol–water partition coefficient (Wildman–Crippen LogP) is 4.27. The van der Waals surface area contributed by atoms with Crippen LogP contribution in [0.1, 0.15) is 23.8 Å². The summed E-state index contributed by atoms with van der Waals surface area (Å²) in [6, 6.07) is 13.1. The van der Waals surface area contributed by atoms with E-state index < -0.39 is 17.8 Å². The third-order valence-corrected chi connectivity index (χ3v) is 6.21. The highest BCUT2D eigenvalue weighted by Crippen LogP contribution is 2.35. The second kappa shape index (κ2) is 11.9. The van der Waals surface area contributed by atoms with E-state index in [1.165, 1.54) is 12.3 Å². The quantitative estimate of drug-likeness (QED) is 0.206. The van der Waals surface area contributed by atoms with Gasteiger partial charge in [0.2, 0.25) is 0 Å². The molecule has 11 heteroatoms. The third-order valence-electron chi connectivity index (χ3n) is 5.41. The van der Waals surface area contributed by atoms with Crippen LogP contribution in [0.3, 0.4) is 0 Å². The number of amides is 5. The number of hydrogen-bond donors (Lipinski definition) is 2. The summed E-state index contributed by atoms with van der Waals surface area (Å²) >= 11 is 2.02. The molecule has 0 bridgehead atoms. The zero-order valence-corrected chi connectivity index (χ0v) is 22.7. The van der Waals surface area contributed by atoms with E-state index in [4.69, 9.17) is 13.9 Å². The normalized spacial score (nSPS) is 14.4. The summed E-state index contributed by atoms with van der Waals surface area (Å²) < 4.78 is 17.3. The molecule has 0 unspecified atom stereocenters. The monoisotopic (exact) mass is 629 g/mol. The Balaban J connectivity index is 1.53. The fourth-order valence-corrected chi connectivity index (χ4v) is 4.39. The smallest absolute Gasteiger partial charge is 0.331 e. The molecule has 38 heavy (non-hydrogen) atoms. The van der Waals surface area contributed by atoms with E-state index in [0.717, 1.165) is 10.5 Å². The number of hydrogen-bond acceptors (Lipinski definition) is 7. The SMILES string of the molecule is CCOc1cc(/C=C2\C(=O)NC(=O)N(Cc3ccco3)C2=O)cc(I)c1OCC(=O)Nc1ccc(C)cc1. The Kier molecular flexibility index (Phi) is 8.46. The van der Waals surface area contributed by atoms with Crippen LogP contribution in [-0.2, 0) is 20.9 Å². The number of nitrogens with zero attached hydrogens (tertiary/aromatic N) is 1. The molecule has 1 saturated heterocycles. The van der Waals surface area contributed by atoms with Crippen molar-refractivity contribution in [2.45, 2.75) is 20.4 Å². The highest BCUT2D eigenvalue weighted by Gasteiger charge is 2.36. The maximum Gasteiger partial charge on any atom is 0.331 e. The van der Waals surface area contributed by atoms with Gasteiger partial charge in [-0.3, -0.25) is 24.6 Å². The third kappa shape index (κ3) is 6.40. The Morgan fingerprint density at radius 1 is 1.13 bits per heavy atom. The average Bonchev–Trinajstić information content (AvgIpc) is 3.39. The van der Waals surface area contributed by atoms with E-state index in [9.17, 15) is 19.2 Å². The first-order valence-electron chi connectivity index (χ1n) is 11.6. The van der Waals surface area contributed by atoms with Gasteiger partial charge in [-0.1, -0.05) is 17.7 Å². The van der Waals surface area contributed by atoms with Crippen molar-refractivity contribution in [1.29, 1.82) is 0 Å². The molecule has 0 saturated carbocycles. The Labute approximate surface area is 232 Å². The fourth-order valence-electron chi connectivity index (χ4n) is 3.61. The predicted molar refractivity (Wildman–Crippen MR) is 146 cm³/mol. The largest absolute Gasteiger partial charge is 0.490 e. The number of furan rings is 1. The topological polar surface area (TPSA) is 127 Å². The van der Waals surface area contributed by atoms with Crippen LogP contribution in [0.5, 0.6) is 11.5 Å². The van der Waals surface area contributed by atoms with Crippen molar-refractivity contribution in [1.82, 2.24) is 10.2 Å². The molecule has 0 aliphatic carbocycles. The van der Waals surface area contributed by atoms with Crippen LogP contribution in [0.15, 0.2) is 64.8 Å². The average molecular weight is 629 g/mol. The van der Waals surface area contributed by atoms with E-state index >= 15 is 0 Å². The van der Waals surface area contributed by atoms with Crippen LogP contribution in [0, 0.1) is 10.5 Å². The van der Waals surface area contributed by atoms with Crippen molar-refractivity contribution in [3.63, 3.8) is 0 Å². The zero-order valence-electron chi connectivity index (χ0n) is 20.6. The summed E-state index contributed by atoms with van der Waals surface area (Å²) in [5.74, 6) is -0.829. The van der Waals surface area contributed by atoms with Gasteiger partial charge in [-0.15, -0.1) is 0 Å². The molecule has 3 aromatic rings. The molecule has 2 aromatic carbocycles. The highest BCUT2D eigenvalue weighted by atomic mass is 127. The number of barbiturate groups is 1. The summed E-state index contributed by atoms with van der Waals surface area (Å²) in [4.78, 5) is 51.1. The fraction of sp³-hybridized carbons (Fsp3) is 0.185. The molecule has 1 aromatic heterocycles. The van der Waals surface area contributed by atoms with Crippen molar-refractivity contribution >= 4 is 58.1 Å². The van der Waals surface area contributed by atoms with Gasteiger partial charge in [0.05, 0.1) is 23.0 Å². The number of benzene rings is 2. The number of imide groups is 2. The molecule has 0 spiro atoms. The van der Waals surface area contributed by atoms with Crippen LogP contribution in [0.2, 0.25) is 0 Å². The molecular weight excluding hydrogens is 605 g/mol. The maximum atomic E-state index is 13.0. The number of ether oxygens (including phenoxy) is 2.